The number of esters is 1. The van der Waals surface area contributed by atoms with Crippen LogP contribution in [-0.4, -0.2) is 96.4 Å². The SMILES string of the molecule is CCOC(=S)S[C@@H]1O[C@H](COCc2ccccc2)[C@H](O[C@H]2O[C@H](COCc3ccccc3)[C@@H]3OC(C)(C)O[C@@H]3[C@H]2N=[N+]=[N-])[C@H](OC(C)=O)[C@H]1N=[N+]=[N-]. The smallest absolute Gasteiger partial charge is 0.303 e. The molecule has 0 spiro atoms. The fourth-order valence-electron chi connectivity index (χ4n) is 6.21. The second-order valence-electron chi connectivity index (χ2n) is 12.5. The summed E-state index contributed by atoms with van der Waals surface area (Å²) in [7, 11) is 0. The van der Waals surface area contributed by atoms with Gasteiger partial charge in [0.25, 0.3) is 0 Å². The van der Waals surface area contributed by atoms with E-state index >= 15 is 0 Å². The summed E-state index contributed by atoms with van der Waals surface area (Å²) < 4.78 is 55.7. The van der Waals surface area contributed by atoms with Crippen molar-refractivity contribution in [2.75, 3.05) is 19.8 Å². The maximum absolute atomic E-state index is 12.6. The van der Waals surface area contributed by atoms with Crippen molar-refractivity contribution in [1.82, 2.24) is 0 Å². The van der Waals surface area contributed by atoms with Crippen LogP contribution in [0.3, 0.4) is 0 Å². The average molecular weight is 759 g/mol. The molecule has 18 heteroatoms. The number of thioether (sulfide) groups is 1. The molecule has 2 aromatic carbocycles. The summed E-state index contributed by atoms with van der Waals surface area (Å²) in [4.78, 5) is 18.7. The van der Waals surface area contributed by atoms with Gasteiger partial charge in [-0.2, -0.15) is 0 Å². The Morgan fingerprint density at radius 1 is 0.865 bits per heavy atom. The predicted octanol–water partition coefficient (Wildman–Crippen LogP) is 6.12. The quantitative estimate of drug-likeness (QED) is 0.0664. The monoisotopic (exact) mass is 758 g/mol. The molecule has 0 bridgehead atoms. The van der Waals surface area contributed by atoms with Crippen molar-refractivity contribution < 1.29 is 47.4 Å². The first kappa shape index (κ1) is 39.7. The standard InChI is InChI=1S/C34H42N6O10S2/c1-5-44-33(51)52-32-26(38-40-36)29(45-20(2)41)27(23(47-32)18-42-16-21-12-8-6-9-13-21)48-31-25(37-39-35)30-28(49-34(3,4)50-30)24(46-31)19-43-17-22-14-10-7-11-15-22/h6-15,23-32H,5,16-19H2,1-4H3/t23-,24-,25-,26-,27+,28+,29-,30-,31-,32+/m1/s1. The molecule has 0 aromatic heterocycles. The van der Waals surface area contributed by atoms with E-state index < -0.39 is 72.2 Å². The Kier molecular flexibility index (Phi) is 14.5. The molecule has 5 rings (SSSR count). The van der Waals surface area contributed by atoms with Gasteiger partial charge >= 0.3 is 5.97 Å². The zero-order valence-electron chi connectivity index (χ0n) is 29.2. The van der Waals surface area contributed by atoms with E-state index in [0.29, 0.717) is 13.2 Å². The van der Waals surface area contributed by atoms with Gasteiger partial charge in [-0.05, 0) is 66.9 Å². The predicted molar refractivity (Wildman–Crippen MR) is 191 cm³/mol. The number of nitrogens with zero attached hydrogens (tertiary/aromatic N) is 6. The van der Waals surface area contributed by atoms with E-state index in [-0.39, 0.29) is 24.2 Å². The number of fused-ring (bicyclic) bond motifs is 1. The molecule has 3 saturated heterocycles. The third kappa shape index (κ3) is 10.6. The summed E-state index contributed by atoms with van der Waals surface area (Å²) in [6.07, 6.45) is -6.87. The number of hydrogen-bond acceptors (Lipinski definition) is 14. The average Bonchev–Trinajstić information content (AvgIpc) is 3.45. The summed E-state index contributed by atoms with van der Waals surface area (Å²) in [5, 5.41) is 7.99. The number of ether oxygens (including phenoxy) is 9. The highest BCUT2D eigenvalue weighted by molar-refractivity contribution is 8.22. The lowest BCUT2D eigenvalue weighted by atomic mass is 9.95. The summed E-state index contributed by atoms with van der Waals surface area (Å²) >= 11 is 6.39. The molecule has 0 radical (unpaired) electrons. The van der Waals surface area contributed by atoms with Crippen molar-refractivity contribution in [3.8, 4) is 0 Å². The van der Waals surface area contributed by atoms with Crippen LogP contribution in [0.15, 0.2) is 70.9 Å². The molecule has 3 heterocycles. The molecule has 2 aromatic rings. The van der Waals surface area contributed by atoms with Crippen molar-refractivity contribution in [3.05, 3.63) is 92.7 Å². The number of azide groups is 2. The van der Waals surface area contributed by atoms with Crippen LogP contribution in [0.25, 0.3) is 20.9 Å². The molecular weight excluding hydrogens is 717 g/mol. The van der Waals surface area contributed by atoms with Gasteiger partial charge in [0, 0.05) is 16.7 Å². The van der Waals surface area contributed by atoms with Gasteiger partial charge in [-0.15, -0.1) is 0 Å². The third-order valence-corrected chi connectivity index (χ3v) is 9.63. The van der Waals surface area contributed by atoms with Crippen molar-refractivity contribution in [2.24, 2.45) is 10.2 Å². The van der Waals surface area contributed by atoms with Gasteiger partial charge in [-0.1, -0.05) is 70.9 Å². The van der Waals surface area contributed by atoms with Crippen molar-refractivity contribution in [2.45, 2.75) is 107 Å². The molecule has 3 fully saturated rings. The van der Waals surface area contributed by atoms with E-state index in [4.69, 9.17) is 54.8 Å². The van der Waals surface area contributed by atoms with Crippen LogP contribution in [0.4, 0.5) is 0 Å². The van der Waals surface area contributed by atoms with Crippen LogP contribution in [-0.2, 0) is 60.6 Å². The molecule has 10 atom stereocenters. The Balaban J connectivity index is 1.47. The van der Waals surface area contributed by atoms with Crippen molar-refractivity contribution in [3.63, 3.8) is 0 Å². The molecular formula is C34H42N6O10S2. The van der Waals surface area contributed by atoms with Gasteiger partial charge in [-0.3, -0.25) is 4.79 Å². The largest absolute Gasteiger partial charge is 0.479 e. The fourth-order valence-corrected chi connectivity index (χ4v) is 7.54. The lowest BCUT2D eigenvalue weighted by Gasteiger charge is -2.47. The second-order valence-corrected chi connectivity index (χ2v) is 14.2. The molecule has 0 N–H and O–H groups in total. The van der Waals surface area contributed by atoms with Crippen LogP contribution >= 0.6 is 24.0 Å². The Bertz CT molecular complexity index is 1580. The second kappa shape index (κ2) is 19.0. The third-order valence-electron chi connectivity index (χ3n) is 8.29. The molecule has 3 aliphatic heterocycles. The minimum Gasteiger partial charge on any atom is -0.479 e. The van der Waals surface area contributed by atoms with E-state index in [1.807, 2.05) is 60.7 Å². The number of carbonyl (C=O) groups is 1. The van der Waals surface area contributed by atoms with Gasteiger partial charge in [0.1, 0.15) is 54.1 Å². The first-order valence-corrected chi connectivity index (χ1v) is 18.1. The summed E-state index contributed by atoms with van der Waals surface area (Å²) in [6.45, 7) is 7.35. The van der Waals surface area contributed by atoms with Crippen LogP contribution in [0, 0.1) is 0 Å². The Morgan fingerprint density at radius 3 is 2.02 bits per heavy atom. The van der Waals surface area contributed by atoms with Gasteiger partial charge in [0.2, 0.25) is 4.38 Å². The van der Waals surface area contributed by atoms with Crippen LogP contribution < -0.4 is 0 Å². The topological polar surface area (TPSA) is 198 Å². The number of hydrogen-bond donors (Lipinski definition) is 0. The summed E-state index contributed by atoms with van der Waals surface area (Å²) in [6, 6.07) is 16.9. The molecule has 0 unspecified atom stereocenters. The van der Waals surface area contributed by atoms with Crippen molar-refractivity contribution >= 4 is 34.3 Å². The highest BCUT2D eigenvalue weighted by Gasteiger charge is 2.58. The maximum Gasteiger partial charge on any atom is 0.303 e. The Hall–Kier alpha value is -3.51. The van der Waals surface area contributed by atoms with E-state index in [0.717, 1.165) is 22.9 Å². The highest BCUT2D eigenvalue weighted by atomic mass is 32.2. The molecule has 52 heavy (non-hydrogen) atoms. The first-order valence-electron chi connectivity index (χ1n) is 16.8. The van der Waals surface area contributed by atoms with Crippen LogP contribution in [0.1, 0.15) is 38.8 Å². The maximum atomic E-state index is 12.6. The van der Waals surface area contributed by atoms with Gasteiger partial charge < -0.3 is 42.6 Å². The number of thiocarbonyl (C=S) groups is 1. The Labute approximate surface area is 310 Å². The van der Waals surface area contributed by atoms with Gasteiger partial charge in [-0.25, -0.2) is 0 Å². The molecule has 0 amide bonds. The Morgan fingerprint density at radius 2 is 1.44 bits per heavy atom. The van der Waals surface area contributed by atoms with Gasteiger partial charge in [0.05, 0.1) is 33.0 Å². The number of rotatable bonds is 15. The molecule has 16 nitrogen and oxygen atoms in total. The van der Waals surface area contributed by atoms with Gasteiger partial charge in [0.15, 0.2) is 12.1 Å². The first-order chi connectivity index (χ1) is 25.1. The van der Waals surface area contributed by atoms with E-state index in [9.17, 15) is 15.9 Å². The zero-order chi connectivity index (χ0) is 37.1. The van der Waals surface area contributed by atoms with E-state index in [1.54, 1.807) is 20.8 Å². The summed E-state index contributed by atoms with van der Waals surface area (Å²) in [5.74, 6) is -1.72. The number of benzene rings is 2. The minimum atomic E-state index is -1.29. The van der Waals surface area contributed by atoms with E-state index in [2.05, 4.69) is 20.1 Å². The fraction of sp³-hybridized carbons (Fsp3) is 0.588. The lowest BCUT2D eigenvalue weighted by molar-refractivity contribution is -0.300. The normalized spacial score (nSPS) is 30.6. The highest BCUT2D eigenvalue weighted by Crippen LogP contribution is 2.42. The molecule has 280 valence electrons. The lowest BCUT2D eigenvalue weighted by Crippen LogP contribution is -2.63. The van der Waals surface area contributed by atoms with Crippen molar-refractivity contribution in [1.29, 1.82) is 0 Å². The molecule has 3 aliphatic rings. The summed E-state index contributed by atoms with van der Waals surface area (Å²) in [5.41, 5.74) is 20.2. The minimum absolute atomic E-state index is 0.0556. The molecule has 0 saturated carbocycles. The van der Waals surface area contributed by atoms with Crippen LogP contribution in [0.2, 0.25) is 0 Å². The number of carbonyl (C=O) groups excluding carboxylic acids is 1. The van der Waals surface area contributed by atoms with E-state index in [1.165, 1.54) is 6.92 Å². The molecule has 0 aliphatic carbocycles. The zero-order valence-corrected chi connectivity index (χ0v) is 30.8. The van der Waals surface area contributed by atoms with Crippen LogP contribution in [0.5, 0.6) is 0 Å².